The summed E-state index contributed by atoms with van der Waals surface area (Å²) in [4.78, 5) is 23.3. The van der Waals surface area contributed by atoms with Gasteiger partial charge in [0.15, 0.2) is 0 Å². The summed E-state index contributed by atoms with van der Waals surface area (Å²) in [6.45, 7) is 4.12. The van der Waals surface area contributed by atoms with Crippen molar-refractivity contribution < 1.29 is 14.3 Å². The Morgan fingerprint density at radius 1 is 1.38 bits per heavy atom. The molecule has 1 aromatic carbocycles. The predicted octanol–water partition coefficient (Wildman–Crippen LogP) is 1.79. The lowest BCUT2D eigenvalue weighted by molar-refractivity contribution is -0.119. The van der Waals surface area contributed by atoms with Crippen LogP contribution >= 0.6 is 0 Å². The SMILES string of the molecule is CCNC(=O)N(C)NC(=O)C=C(C)c1cccc(OC)c1. The van der Waals surface area contributed by atoms with Gasteiger partial charge in [0.2, 0.25) is 0 Å². The van der Waals surface area contributed by atoms with Crippen LogP contribution in [-0.4, -0.2) is 37.6 Å². The molecule has 0 aliphatic rings. The van der Waals surface area contributed by atoms with Gasteiger partial charge in [-0.25, -0.2) is 9.80 Å². The Morgan fingerprint density at radius 2 is 2.10 bits per heavy atom. The lowest BCUT2D eigenvalue weighted by atomic mass is 10.1. The highest BCUT2D eigenvalue weighted by Gasteiger charge is 2.09. The lowest BCUT2D eigenvalue weighted by Gasteiger charge is -2.17. The molecule has 0 saturated carbocycles. The molecule has 3 amide bonds. The van der Waals surface area contributed by atoms with Crippen molar-refractivity contribution in [1.82, 2.24) is 15.8 Å². The molecule has 21 heavy (non-hydrogen) atoms. The summed E-state index contributed by atoms with van der Waals surface area (Å²) in [6.07, 6.45) is 1.44. The van der Waals surface area contributed by atoms with E-state index in [0.29, 0.717) is 6.54 Å². The van der Waals surface area contributed by atoms with Crippen LogP contribution in [0.4, 0.5) is 4.79 Å². The highest BCUT2D eigenvalue weighted by Crippen LogP contribution is 2.19. The zero-order valence-electron chi connectivity index (χ0n) is 12.8. The maximum Gasteiger partial charge on any atom is 0.335 e. The summed E-state index contributed by atoms with van der Waals surface area (Å²) in [7, 11) is 3.07. The van der Waals surface area contributed by atoms with Crippen LogP contribution in [0.1, 0.15) is 19.4 Å². The largest absolute Gasteiger partial charge is 0.497 e. The number of hydrogen-bond acceptors (Lipinski definition) is 3. The standard InChI is InChI=1S/C15H21N3O3/c1-5-16-15(20)18(3)17-14(19)9-11(2)12-7-6-8-13(10-12)21-4/h6-10H,5H2,1-4H3,(H,16,20)(H,17,19). The minimum Gasteiger partial charge on any atom is -0.497 e. The quantitative estimate of drug-likeness (QED) is 0.656. The summed E-state index contributed by atoms with van der Waals surface area (Å²) in [5, 5.41) is 3.70. The van der Waals surface area contributed by atoms with E-state index in [2.05, 4.69) is 10.7 Å². The number of ether oxygens (including phenoxy) is 1. The average Bonchev–Trinajstić information content (AvgIpc) is 2.47. The molecule has 0 fully saturated rings. The van der Waals surface area contributed by atoms with E-state index in [1.807, 2.05) is 31.2 Å². The Hall–Kier alpha value is -2.50. The zero-order valence-corrected chi connectivity index (χ0v) is 12.8. The minimum absolute atomic E-state index is 0.363. The van der Waals surface area contributed by atoms with Crippen molar-refractivity contribution in [3.63, 3.8) is 0 Å². The third-order valence-electron chi connectivity index (χ3n) is 2.78. The highest BCUT2D eigenvalue weighted by molar-refractivity contribution is 5.95. The maximum absolute atomic E-state index is 11.9. The van der Waals surface area contributed by atoms with E-state index in [1.54, 1.807) is 14.0 Å². The van der Waals surface area contributed by atoms with Crippen molar-refractivity contribution in [1.29, 1.82) is 0 Å². The van der Waals surface area contributed by atoms with E-state index < -0.39 is 0 Å². The second-order valence-corrected chi connectivity index (χ2v) is 4.43. The molecule has 0 spiro atoms. The fourth-order valence-electron chi connectivity index (χ4n) is 1.67. The molecule has 2 N–H and O–H groups in total. The maximum atomic E-state index is 11.9. The van der Waals surface area contributed by atoms with Crippen LogP contribution in [0, 0.1) is 0 Å². The Bertz CT molecular complexity index is 541. The number of carbonyl (C=O) groups excluding carboxylic acids is 2. The van der Waals surface area contributed by atoms with E-state index in [0.717, 1.165) is 21.9 Å². The number of nitrogens with zero attached hydrogens (tertiary/aromatic N) is 1. The molecule has 6 heteroatoms. The van der Waals surface area contributed by atoms with Crippen LogP contribution in [-0.2, 0) is 4.79 Å². The van der Waals surface area contributed by atoms with Crippen molar-refractivity contribution in [3.8, 4) is 5.75 Å². The molecule has 1 aromatic rings. The van der Waals surface area contributed by atoms with Crippen LogP contribution in [0.15, 0.2) is 30.3 Å². The van der Waals surface area contributed by atoms with Gasteiger partial charge in [0.25, 0.3) is 5.91 Å². The first kappa shape index (κ1) is 16.6. The number of urea groups is 1. The smallest absolute Gasteiger partial charge is 0.335 e. The number of hydrazine groups is 1. The molecular formula is C15H21N3O3. The van der Waals surface area contributed by atoms with Gasteiger partial charge in [-0.05, 0) is 37.1 Å². The monoisotopic (exact) mass is 291 g/mol. The molecule has 0 aliphatic heterocycles. The van der Waals surface area contributed by atoms with Gasteiger partial charge in [-0.2, -0.15) is 0 Å². The van der Waals surface area contributed by atoms with E-state index >= 15 is 0 Å². The number of allylic oxidation sites excluding steroid dienone is 1. The van der Waals surface area contributed by atoms with Crippen LogP contribution < -0.4 is 15.5 Å². The van der Waals surface area contributed by atoms with E-state index in [1.165, 1.54) is 13.1 Å². The molecule has 1 rings (SSSR count). The number of nitrogens with one attached hydrogen (secondary N) is 2. The number of carbonyl (C=O) groups is 2. The fraction of sp³-hybridized carbons (Fsp3) is 0.333. The van der Waals surface area contributed by atoms with Crippen molar-refractivity contribution in [2.45, 2.75) is 13.8 Å². The van der Waals surface area contributed by atoms with Crippen molar-refractivity contribution >= 4 is 17.5 Å². The first-order valence-corrected chi connectivity index (χ1v) is 6.62. The third kappa shape index (κ3) is 5.18. The van der Waals surface area contributed by atoms with E-state index in [4.69, 9.17) is 4.74 Å². The molecule has 114 valence electrons. The number of hydrogen-bond donors (Lipinski definition) is 2. The first-order valence-electron chi connectivity index (χ1n) is 6.62. The molecule has 0 aromatic heterocycles. The summed E-state index contributed by atoms with van der Waals surface area (Å²) in [6, 6.07) is 7.05. The summed E-state index contributed by atoms with van der Waals surface area (Å²) in [5.41, 5.74) is 4.12. The Morgan fingerprint density at radius 3 is 2.71 bits per heavy atom. The zero-order chi connectivity index (χ0) is 15.8. The first-order chi connectivity index (χ1) is 9.97. The second-order valence-electron chi connectivity index (χ2n) is 4.43. The van der Waals surface area contributed by atoms with Gasteiger partial charge in [-0.1, -0.05) is 12.1 Å². The van der Waals surface area contributed by atoms with E-state index in [-0.39, 0.29) is 11.9 Å². The van der Waals surface area contributed by atoms with Crippen molar-refractivity contribution in [2.24, 2.45) is 0 Å². The molecule has 0 heterocycles. The highest BCUT2D eigenvalue weighted by atomic mass is 16.5. The molecule has 0 unspecified atom stereocenters. The van der Waals surface area contributed by atoms with Crippen LogP contribution in [0.2, 0.25) is 0 Å². The van der Waals surface area contributed by atoms with Gasteiger partial charge in [-0.15, -0.1) is 0 Å². The Balaban J connectivity index is 2.72. The fourth-order valence-corrected chi connectivity index (χ4v) is 1.67. The van der Waals surface area contributed by atoms with Gasteiger partial charge in [0.1, 0.15) is 5.75 Å². The molecule has 6 nitrogen and oxygen atoms in total. The van der Waals surface area contributed by atoms with E-state index in [9.17, 15) is 9.59 Å². The topological polar surface area (TPSA) is 70.7 Å². The second kappa shape index (κ2) is 7.94. The van der Waals surface area contributed by atoms with Crippen molar-refractivity contribution in [2.75, 3.05) is 20.7 Å². The van der Waals surface area contributed by atoms with Crippen LogP contribution in [0.5, 0.6) is 5.75 Å². The van der Waals surface area contributed by atoms with Gasteiger partial charge < -0.3 is 10.1 Å². The molecular weight excluding hydrogens is 270 g/mol. The average molecular weight is 291 g/mol. The number of amides is 3. The summed E-state index contributed by atoms with van der Waals surface area (Å²) in [5.74, 6) is 0.351. The molecule has 0 aliphatic carbocycles. The normalized spacial score (nSPS) is 10.8. The Kier molecular flexibility index (Phi) is 6.26. The van der Waals surface area contributed by atoms with Gasteiger partial charge in [0, 0.05) is 19.7 Å². The van der Waals surface area contributed by atoms with Gasteiger partial charge in [0.05, 0.1) is 7.11 Å². The Labute approximate surface area is 124 Å². The summed E-state index contributed by atoms with van der Waals surface area (Å²) < 4.78 is 5.14. The summed E-state index contributed by atoms with van der Waals surface area (Å²) >= 11 is 0. The molecule has 0 atom stereocenters. The van der Waals surface area contributed by atoms with Crippen LogP contribution in [0.3, 0.4) is 0 Å². The van der Waals surface area contributed by atoms with Crippen LogP contribution in [0.25, 0.3) is 5.57 Å². The predicted molar refractivity (Wildman–Crippen MR) is 81.6 cm³/mol. The molecule has 0 bridgehead atoms. The number of benzene rings is 1. The molecule has 0 radical (unpaired) electrons. The van der Waals surface area contributed by atoms with Crippen molar-refractivity contribution in [3.05, 3.63) is 35.9 Å². The van der Waals surface area contributed by atoms with Gasteiger partial charge >= 0.3 is 6.03 Å². The number of rotatable bonds is 4. The number of methoxy groups -OCH3 is 1. The minimum atomic E-state index is -0.371. The molecule has 0 saturated heterocycles. The third-order valence-corrected chi connectivity index (χ3v) is 2.78. The van der Waals surface area contributed by atoms with Gasteiger partial charge in [-0.3, -0.25) is 10.2 Å². The lowest BCUT2D eigenvalue weighted by Crippen LogP contribution is -2.47.